The lowest BCUT2D eigenvalue weighted by Gasteiger charge is -2.31. The van der Waals surface area contributed by atoms with Crippen LogP contribution in [-0.4, -0.2) is 32.7 Å². The Hall–Kier alpha value is -2.82. The maximum Gasteiger partial charge on any atom is 0.262 e. The van der Waals surface area contributed by atoms with E-state index in [1.165, 1.54) is 6.92 Å². The number of ketones is 1. The zero-order valence-electron chi connectivity index (χ0n) is 14.5. The predicted octanol–water partition coefficient (Wildman–Crippen LogP) is 3.34. The van der Waals surface area contributed by atoms with E-state index < -0.39 is 6.04 Å². The molecule has 2 aliphatic rings. The molecule has 0 spiro atoms. The maximum atomic E-state index is 13.0. The average Bonchev–Trinajstić information content (AvgIpc) is 3.00. The Kier molecular flexibility index (Phi) is 3.35. The van der Waals surface area contributed by atoms with Gasteiger partial charge in [-0.1, -0.05) is 23.8 Å². The second kappa shape index (κ2) is 5.34. The fourth-order valence-electron chi connectivity index (χ4n) is 4.06. The van der Waals surface area contributed by atoms with Crippen molar-refractivity contribution in [2.24, 2.45) is 0 Å². The third kappa shape index (κ3) is 2.15. The van der Waals surface area contributed by atoms with Crippen LogP contribution in [0.5, 0.6) is 0 Å². The van der Waals surface area contributed by atoms with E-state index in [1.54, 1.807) is 4.90 Å². The number of aliphatic hydroxyl groups excluding tert-OH is 1. The molecule has 3 heterocycles. The summed E-state index contributed by atoms with van der Waals surface area (Å²) < 4.78 is 0. The number of fused-ring (bicyclic) bond motifs is 1. The quantitative estimate of drug-likeness (QED) is 0.652. The number of benzene rings is 1. The number of hydrogen-bond acceptors (Lipinski definition) is 3. The SMILES string of the molecule is CC(=O)C1=C(O)[C@@H]2Cc3c[nH]c4cccc(c34)[C@H](C=C(C)C)N2C1=O. The number of rotatable bonds is 2. The highest BCUT2D eigenvalue weighted by Gasteiger charge is 2.46. The van der Waals surface area contributed by atoms with Crippen LogP contribution >= 0.6 is 0 Å². The summed E-state index contributed by atoms with van der Waals surface area (Å²) >= 11 is 0. The van der Waals surface area contributed by atoms with Crippen molar-refractivity contribution in [3.63, 3.8) is 0 Å². The van der Waals surface area contributed by atoms with Crippen molar-refractivity contribution < 1.29 is 14.7 Å². The summed E-state index contributed by atoms with van der Waals surface area (Å²) in [4.78, 5) is 29.8. The summed E-state index contributed by atoms with van der Waals surface area (Å²) in [5.74, 6) is -0.880. The average molecular weight is 336 g/mol. The summed E-state index contributed by atoms with van der Waals surface area (Å²) in [5.41, 5.74) is 4.08. The lowest BCUT2D eigenvalue weighted by molar-refractivity contribution is -0.130. The van der Waals surface area contributed by atoms with Gasteiger partial charge in [-0.2, -0.15) is 0 Å². The van der Waals surface area contributed by atoms with Crippen molar-refractivity contribution in [3.05, 3.63) is 58.5 Å². The minimum absolute atomic E-state index is 0.0803. The molecule has 0 saturated heterocycles. The lowest BCUT2D eigenvalue weighted by atomic mass is 9.97. The van der Waals surface area contributed by atoms with Crippen LogP contribution in [0.4, 0.5) is 0 Å². The van der Waals surface area contributed by atoms with Crippen LogP contribution in [0.15, 0.2) is 47.4 Å². The molecule has 0 aliphatic carbocycles. The molecule has 0 bridgehead atoms. The predicted molar refractivity (Wildman–Crippen MR) is 95.1 cm³/mol. The van der Waals surface area contributed by atoms with Gasteiger partial charge in [-0.25, -0.2) is 0 Å². The fourth-order valence-corrected chi connectivity index (χ4v) is 4.06. The Morgan fingerprint density at radius 1 is 1.32 bits per heavy atom. The Morgan fingerprint density at radius 2 is 2.08 bits per heavy atom. The molecule has 25 heavy (non-hydrogen) atoms. The van der Waals surface area contributed by atoms with Crippen molar-refractivity contribution in [1.29, 1.82) is 0 Å². The van der Waals surface area contributed by atoms with Crippen molar-refractivity contribution >= 4 is 22.6 Å². The second-order valence-corrected chi connectivity index (χ2v) is 7.02. The maximum absolute atomic E-state index is 13.0. The number of H-pyrrole nitrogens is 1. The van der Waals surface area contributed by atoms with E-state index in [0.29, 0.717) is 6.42 Å². The monoisotopic (exact) mass is 336 g/mol. The minimum atomic E-state index is -0.515. The van der Waals surface area contributed by atoms with Gasteiger partial charge in [-0.05, 0) is 38.0 Å². The van der Waals surface area contributed by atoms with Crippen molar-refractivity contribution in [2.75, 3.05) is 0 Å². The molecule has 5 nitrogen and oxygen atoms in total. The first kappa shape index (κ1) is 15.7. The Balaban J connectivity index is 2.00. The van der Waals surface area contributed by atoms with Gasteiger partial charge in [0.05, 0.1) is 12.1 Å². The van der Waals surface area contributed by atoms with E-state index in [0.717, 1.165) is 27.6 Å². The molecule has 5 heteroatoms. The van der Waals surface area contributed by atoms with E-state index in [9.17, 15) is 14.7 Å². The number of aliphatic hydroxyl groups is 1. The zero-order valence-corrected chi connectivity index (χ0v) is 14.5. The highest BCUT2D eigenvalue weighted by atomic mass is 16.3. The van der Waals surface area contributed by atoms with Gasteiger partial charge in [0.2, 0.25) is 0 Å². The summed E-state index contributed by atoms with van der Waals surface area (Å²) in [6, 6.07) is 5.16. The molecule has 2 N–H and O–H groups in total. The molecule has 0 radical (unpaired) electrons. The van der Waals surface area contributed by atoms with E-state index in [1.807, 2.05) is 44.3 Å². The van der Waals surface area contributed by atoms with Crippen molar-refractivity contribution in [3.8, 4) is 0 Å². The molecule has 4 rings (SSSR count). The summed E-state index contributed by atoms with van der Waals surface area (Å²) in [6.07, 6.45) is 4.44. The number of amides is 1. The molecule has 2 aliphatic heterocycles. The molecule has 0 fully saturated rings. The number of nitrogens with zero attached hydrogens (tertiary/aromatic N) is 1. The van der Waals surface area contributed by atoms with E-state index >= 15 is 0 Å². The van der Waals surface area contributed by atoms with Gasteiger partial charge in [0.25, 0.3) is 5.91 Å². The smallest absolute Gasteiger partial charge is 0.262 e. The van der Waals surface area contributed by atoms with Gasteiger partial charge >= 0.3 is 0 Å². The zero-order chi connectivity index (χ0) is 17.9. The third-order valence-corrected chi connectivity index (χ3v) is 5.05. The minimum Gasteiger partial charge on any atom is -0.509 e. The lowest BCUT2D eigenvalue weighted by Crippen LogP contribution is -2.39. The molecular weight excluding hydrogens is 316 g/mol. The number of Topliss-reactive ketones (excluding diaryl/α,β-unsaturated/α-hetero) is 1. The molecule has 0 saturated carbocycles. The largest absolute Gasteiger partial charge is 0.509 e. The molecule has 1 amide bonds. The van der Waals surface area contributed by atoms with E-state index in [-0.39, 0.29) is 29.1 Å². The topological polar surface area (TPSA) is 73.4 Å². The molecule has 2 aromatic rings. The summed E-state index contributed by atoms with van der Waals surface area (Å²) in [7, 11) is 0. The number of carbonyl (C=O) groups is 2. The summed E-state index contributed by atoms with van der Waals surface area (Å²) in [5, 5.41) is 11.7. The fraction of sp³-hybridized carbons (Fsp3) is 0.300. The van der Waals surface area contributed by atoms with Crippen LogP contribution < -0.4 is 0 Å². The number of carbonyl (C=O) groups excluding carboxylic acids is 2. The number of aromatic amines is 1. The number of aromatic nitrogens is 1. The highest BCUT2D eigenvalue weighted by Crippen LogP contribution is 2.42. The van der Waals surface area contributed by atoms with Gasteiger partial charge in [0.15, 0.2) is 5.78 Å². The van der Waals surface area contributed by atoms with Crippen LogP contribution in [0.3, 0.4) is 0 Å². The Labute approximate surface area is 145 Å². The van der Waals surface area contributed by atoms with Crippen LogP contribution in [0.2, 0.25) is 0 Å². The van der Waals surface area contributed by atoms with E-state index in [4.69, 9.17) is 0 Å². The van der Waals surface area contributed by atoms with Gasteiger partial charge < -0.3 is 15.0 Å². The first-order valence-electron chi connectivity index (χ1n) is 8.40. The molecular formula is C20H20N2O3. The van der Waals surface area contributed by atoms with Gasteiger partial charge in [0, 0.05) is 23.5 Å². The van der Waals surface area contributed by atoms with E-state index in [2.05, 4.69) is 4.98 Å². The first-order valence-corrected chi connectivity index (χ1v) is 8.40. The van der Waals surface area contributed by atoms with Crippen LogP contribution in [0.1, 0.15) is 37.9 Å². The number of allylic oxidation sites excluding steroid dienone is 1. The summed E-state index contributed by atoms with van der Waals surface area (Å²) in [6.45, 7) is 5.30. The molecule has 2 atom stereocenters. The molecule has 1 aromatic carbocycles. The molecule has 0 unspecified atom stereocenters. The van der Waals surface area contributed by atoms with Crippen LogP contribution in [0, 0.1) is 0 Å². The van der Waals surface area contributed by atoms with Gasteiger partial charge in [-0.3, -0.25) is 9.59 Å². The highest BCUT2D eigenvalue weighted by molar-refractivity contribution is 6.20. The van der Waals surface area contributed by atoms with Gasteiger partial charge in [0.1, 0.15) is 11.3 Å². The van der Waals surface area contributed by atoms with Crippen molar-refractivity contribution in [1.82, 2.24) is 9.88 Å². The van der Waals surface area contributed by atoms with Gasteiger partial charge in [-0.15, -0.1) is 0 Å². The second-order valence-electron chi connectivity index (χ2n) is 7.02. The molecule has 128 valence electrons. The standard InChI is InChI=1S/C20H20N2O3/c1-10(2)7-15-13-5-4-6-14-18(13)12(9-21-14)8-16-19(24)17(11(3)23)20(25)22(15)16/h4-7,9,15-16,21,24H,8H2,1-3H3/t15-,16-/m0/s1. The van der Waals surface area contributed by atoms with Crippen LogP contribution in [-0.2, 0) is 16.0 Å². The Morgan fingerprint density at radius 3 is 2.76 bits per heavy atom. The van der Waals surface area contributed by atoms with Crippen LogP contribution in [0.25, 0.3) is 10.9 Å². The Bertz CT molecular complexity index is 976. The number of nitrogens with one attached hydrogen (secondary N) is 1. The van der Waals surface area contributed by atoms with Crippen molar-refractivity contribution in [2.45, 2.75) is 39.3 Å². The normalized spacial score (nSPS) is 22.2. The third-order valence-electron chi connectivity index (χ3n) is 5.05. The number of hydrogen-bond donors (Lipinski definition) is 2. The first-order chi connectivity index (χ1) is 11.9. The molecule has 1 aromatic heterocycles.